The molecule has 174 valence electrons. The van der Waals surface area contributed by atoms with Crippen molar-refractivity contribution in [2.45, 2.75) is 12.8 Å². The zero-order chi connectivity index (χ0) is 24.1. The Morgan fingerprint density at radius 1 is 1.26 bits per heavy atom. The molecule has 0 aliphatic carbocycles. The number of carbonyl (C=O) groups excluding carboxylic acids is 1. The van der Waals surface area contributed by atoms with Gasteiger partial charge in [-0.05, 0) is 41.8 Å². The van der Waals surface area contributed by atoms with Crippen LogP contribution in [-0.2, 0) is 28.9 Å². The lowest BCUT2D eigenvalue weighted by Gasteiger charge is -2.19. The molecular formula is C23H21ClN6O3S. The van der Waals surface area contributed by atoms with Crippen LogP contribution in [0.1, 0.15) is 16.7 Å². The minimum Gasteiger partial charge on any atom is -0.353 e. The summed E-state index contributed by atoms with van der Waals surface area (Å²) in [5.41, 5.74) is 4.06. The second-order valence-corrected chi connectivity index (χ2v) is 8.74. The summed E-state index contributed by atoms with van der Waals surface area (Å²) in [6, 6.07) is 14.9. The van der Waals surface area contributed by atoms with Crippen molar-refractivity contribution in [3.8, 4) is 17.3 Å². The van der Waals surface area contributed by atoms with Crippen molar-refractivity contribution in [3.05, 3.63) is 70.4 Å². The monoisotopic (exact) mass is 496 g/mol. The van der Waals surface area contributed by atoms with Gasteiger partial charge < -0.3 is 10.2 Å². The summed E-state index contributed by atoms with van der Waals surface area (Å²) in [6.45, 7) is 1.10. The van der Waals surface area contributed by atoms with E-state index in [0.29, 0.717) is 47.4 Å². The quantitative estimate of drug-likeness (QED) is 0.322. The maximum Gasteiger partial charge on any atom is 0.231 e. The Morgan fingerprint density at radius 2 is 2.09 bits per heavy atom. The molecule has 0 bridgehead atoms. The maximum absolute atomic E-state index is 13.1. The number of rotatable bonds is 8. The largest absolute Gasteiger partial charge is 0.353 e. The van der Waals surface area contributed by atoms with Crippen LogP contribution in [0.2, 0.25) is 5.02 Å². The minimum absolute atomic E-state index is 0.109. The predicted octanol–water partition coefficient (Wildman–Crippen LogP) is 2.94. The van der Waals surface area contributed by atoms with E-state index in [2.05, 4.69) is 26.1 Å². The summed E-state index contributed by atoms with van der Waals surface area (Å²) >= 11 is 4.14. The van der Waals surface area contributed by atoms with Crippen LogP contribution in [0.3, 0.4) is 0 Å². The lowest BCUT2D eigenvalue weighted by atomic mass is 10.0. The Hall–Kier alpha value is -3.36. The third kappa shape index (κ3) is 5.40. The molecule has 34 heavy (non-hydrogen) atoms. The van der Waals surface area contributed by atoms with E-state index in [4.69, 9.17) is 16.2 Å². The van der Waals surface area contributed by atoms with Gasteiger partial charge in [0.25, 0.3) is 0 Å². The molecule has 1 amide bonds. The Kier molecular flexibility index (Phi) is 7.49. The molecule has 2 aromatic carbocycles. The summed E-state index contributed by atoms with van der Waals surface area (Å²) < 4.78 is 21.8. The fourth-order valence-corrected chi connectivity index (χ4v) is 4.33. The molecule has 2 heterocycles. The average Bonchev–Trinajstić information content (AvgIpc) is 3.27. The van der Waals surface area contributed by atoms with Crippen molar-refractivity contribution in [3.63, 3.8) is 0 Å². The molecule has 4 rings (SSSR count). The van der Waals surface area contributed by atoms with E-state index in [1.165, 1.54) is 0 Å². The summed E-state index contributed by atoms with van der Waals surface area (Å²) in [4.78, 5) is 23.4. The smallest absolute Gasteiger partial charge is 0.231 e. The molecule has 9 nitrogen and oxygen atoms in total. The predicted molar refractivity (Wildman–Crippen MR) is 131 cm³/mol. The summed E-state index contributed by atoms with van der Waals surface area (Å²) in [6.07, 6.45) is 2.39. The number of carbonyl (C=O) groups is 1. The summed E-state index contributed by atoms with van der Waals surface area (Å²) in [7, 11) is 0. The van der Waals surface area contributed by atoms with Gasteiger partial charge in [-0.1, -0.05) is 29.8 Å². The maximum atomic E-state index is 13.1. The number of amides is 1. The topological polar surface area (TPSA) is 131 Å². The first kappa shape index (κ1) is 23.8. The SMILES string of the molecule is N#Cc1cc(-c2ccnc(NCCNS(=O)O)n2)cc2c1N(C(=O)Cc1ccccc1Cl)CC2. The molecule has 1 atom stereocenters. The van der Waals surface area contributed by atoms with Crippen LogP contribution in [0, 0.1) is 11.3 Å². The van der Waals surface area contributed by atoms with Crippen LogP contribution in [0.5, 0.6) is 0 Å². The molecular weight excluding hydrogens is 476 g/mol. The van der Waals surface area contributed by atoms with E-state index in [0.717, 1.165) is 16.7 Å². The normalized spacial score (nSPS) is 13.3. The summed E-state index contributed by atoms with van der Waals surface area (Å²) in [5.74, 6) is 0.251. The number of hydrogen-bond acceptors (Lipinski definition) is 6. The number of nitrogens with zero attached hydrogens (tertiary/aromatic N) is 4. The van der Waals surface area contributed by atoms with Crippen molar-refractivity contribution in [1.82, 2.24) is 14.7 Å². The van der Waals surface area contributed by atoms with Gasteiger partial charge in [-0.3, -0.25) is 9.35 Å². The highest BCUT2D eigenvalue weighted by Gasteiger charge is 2.29. The van der Waals surface area contributed by atoms with Gasteiger partial charge in [0.2, 0.25) is 23.1 Å². The lowest BCUT2D eigenvalue weighted by Crippen LogP contribution is -2.31. The fraction of sp³-hybridized carbons (Fsp3) is 0.217. The van der Waals surface area contributed by atoms with Gasteiger partial charge in [-0.25, -0.2) is 18.9 Å². The Morgan fingerprint density at radius 3 is 2.85 bits per heavy atom. The molecule has 1 aliphatic heterocycles. The van der Waals surface area contributed by atoms with Gasteiger partial charge in [-0.15, -0.1) is 0 Å². The second-order valence-electron chi connectivity index (χ2n) is 7.54. The first-order chi connectivity index (χ1) is 16.5. The van der Waals surface area contributed by atoms with Crippen LogP contribution in [0.25, 0.3) is 11.3 Å². The Bertz CT molecular complexity index is 1300. The van der Waals surface area contributed by atoms with Crippen LogP contribution in [0.15, 0.2) is 48.7 Å². The molecule has 3 N–H and O–H groups in total. The highest BCUT2D eigenvalue weighted by molar-refractivity contribution is 7.77. The third-order valence-electron chi connectivity index (χ3n) is 5.37. The van der Waals surface area contributed by atoms with Gasteiger partial charge in [0.05, 0.1) is 23.4 Å². The number of halogens is 1. The van der Waals surface area contributed by atoms with E-state index in [-0.39, 0.29) is 18.9 Å². The molecule has 1 unspecified atom stereocenters. The van der Waals surface area contributed by atoms with Crippen molar-refractivity contribution >= 4 is 40.4 Å². The Labute approximate surface area is 204 Å². The molecule has 0 saturated carbocycles. The van der Waals surface area contributed by atoms with Crippen molar-refractivity contribution < 1.29 is 13.6 Å². The molecule has 11 heteroatoms. The van der Waals surface area contributed by atoms with Gasteiger partial charge in [-0.2, -0.15) is 5.26 Å². The molecule has 0 fully saturated rings. The van der Waals surface area contributed by atoms with E-state index < -0.39 is 11.3 Å². The van der Waals surface area contributed by atoms with Crippen LogP contribution in [-0.4, -0.2) is 44.3 Å². The fourth-order valence-electron chi connectivity index (χ4n) is 3.85. The van der Waals surface area contributed by atoms with E-state index in [1.807, 2.05) is 24.3 Å². The standard InChI is InChI=1S/C23H21ClN6O3S/c24-19-4-2-1-3-15(19)13-21(31)30-10-6-16-11-17(12-18(14-25)22(16)30)20-5-7-26-23(29-20)27-8-9-28-34(32)33/h1-5,7,11-12,28H,6,8-10,13H2,(H,32,33)(H,26,27,29). The highest BCUT2D eigenvalue weighted by Crippen LogP contribution is 2.36. The van der Waals surface area contributed by atoms with Crippen molar-refractivity contribution in [2.24, 2.45) is 0 Å². The molecule has 0 radical (unpaired) electrons. The van der Waals surface area contributed by atoms with Gasteiger partial charge >= 0.3 is 0 Å². The number of aromatic nitrogens is 2. The second kappa shape index (κ2) is 10.7. The van der Waals surface area contributed by atoms with Gasteiger partial charge in [0.15, 0.2) is 0 Å². The molecule has 1 aliphatic rings. The lowest BCUT2D eigenvalue weighted by molar-refractivity contribution is -0.117. The first-order valence-electron chi connectivity index (χ1n) is 10.5. The van der Waals surface area contributed by atoms with Crippen LogP contribution >= 0.6 is 11.6 Å². The zero-order valence-corrected chi connectivity index (χ0v) is 19.6. The zero-order valence-electron chi connectivity index (χ0n) is 18.0. The van der Waals surface area contributed by atoms with Gasteiger partial charge in [0.1, 0.15) is 6.07 Å². The van der Waals surface area contributed by atoms with E-state index >= 15 is 0 Å². The van der Waals surface area contributed by atoms with Crippen molar-refractivity contribution in [2.75, 3.05) is 29.9 Å². The van der Waals surface area contributed by atoms with E-state index in [9.17, 15) is 14.3 Å². The Balaban J connectivity index is 1.56. The number of benzene rings is 2. The molecule has 0 spiro atoms. The van der Waals surface area contributed by atoms with Gasteiger partial charge in [0, 0.05) is 36.4 Å². The number of anilines is 2. The number of fused-ring (bicyclic) bond motifs is 1. The molecule has 3 aromatic rings. The molecule has 1 aromatic heterocycles. The number of nitrogens with one attached hydrogen (secondary N) is 2. The van der Waals surface area contributed by atoms with Crippen molar-refractivity contribution in [1.29, 1.82) is 5.26 Å². The number of nitriles is 1. The first-order valence-corrected chi connectivity index (χ1v) is 12.0. The molecule has 0 saturated heterocycles. The van der Waals surface area contributed by atoms with E-state index in [1.54, 1.807) is 29.3 Å². The third-order valence-corrected chi connectivity index (χ3v) is 6.19. The van der Waals surface area contributed by atoms with Crippen LogP contribution in [0.4, 0.5) is 11.6 Å². The number of hydrogen-bond donors (Lipinski definition) is 3. The van der Waals surface area contributed by atoms with Crippen LogP contribution < -0.4 is 14.9 Å². The average molecular weight is 497 g/mol. The summed E-state index contributed by atoms with van der Waals surface area (Å²) in [5, 5.41) is 13.4. The highest BCUT2D eigenvalue weighted by atomic mass is 35.5. The minimum atomic E-state index is -2.08.